The maximum Gasteiger partial charge on any atom is 0.262 e. The van der Waals surface area contributed by atoms with E-state index < -0.39 is 32.9 Å². The number of methoxy groups -OCH3 is 1. The first-order valence-corrected chi connectivity index (χ1v) is 11.2. The fourth-order valence-electron chi connectivity index (χ4n) is 2.82. The minimum absolute atomic E-state index is 0.0864. The summed E-state index contributed by atoms with van der Waals surface area (Å²) in [6.07, 6.45) is 1.41. The van der Waals surface area contributed by atoms with E-state index in [9.17, 15) is 17.2 Å². The number of pyridine rings is 1. The molecule has 2 N–H and O–H groups in total. The molecule has 162 valence electrons. The number of nitrogens with one attached hydrogen (secondary N) is 2. The quantitative estimate of drug-likeness (QED) is 0.394. The summed E-state index contributed by atoms with van der Waals surface area (Å²) >= 11 is 3.19. The average Bonchev–Trinajstić information content (AvgIpc) is 3.18. The van der Waals surface area contributed by atoms with Crippen LogP contribution in [0.2, 0.25) is 0 Å². The molecule has 0 aliphatic rings. The number of nitrogens with zero attached hydrogens (tertiary/aromatic N) is 2. The number of sulfonamides is 1. The minimum atomic E-state index is -4.11. The second-order valence-corrected chi connectivity index (χ2v) is 9.05. The first kappa shape index (κ1) is 21.7. The standard InChI is InChI=1S/C21H13BrF2N4O3S/c1-31-21-16-9-12(11-25-20(16)26-27-21)5-6-15-17(23)7-8-18(19(15)24)28-32(29,30)14-4-2-3-13(22)10-14/h2-4,7-11,28H,1H3,(H,25,26,27). The van der Waals surface area contributed by atoms with Gasteiger partial charge in [0.05, 0.1) is 28.6 Å². The number of H-pyrrole nitrogens is 1. The van der Waals surface area contributed by atoms with Crippen molar-refractivity contribution in [1.29, 1.82) is 0 Å². The van der Waals surface area contributed by atoms with Gasteiger partial charge in [0.25, 0.3) is 10.0 Å². The summed E-state index contributed by atoms with van der Waals surface area (Å²) in [6, 6.07) is 9.42. The average molecular weight is 519 g/mol. The highest BCUT2D eigenvalue weighted by Gasteiger charge is 2.19. The van der Waals surface area contributed by atoms with Gasteiger partial charge in [-0.25, -0.2) is 22.2 Å². The van der Waals surface area contributed by atoms with Crippen LogP contribution in [-0.2, 0) is 10.0 Å². The zero-order chi connectivity index (χ0) is 22.9. The number of rotatable bonds is 4. The molecule has 0 unspecified atom stereocenters. The van der Waals surface area contributed by atoms with Crippen molar-refractivity contribution in [1.82, 2.24) is 15.2 Å². The lowest BCUT2D eigenvalue weighted by molar-refractivity contribution is 0.401. The van der Waals surface area contributed by atoms with Crippen LogP contribution >= 0.6 is 15.9 Å². The molecule has 0 atom stereocenters. The monoisotopic (exact) mass is 518 g/mol. The first-order valence-electron chi connectivity index (χ1n) is 8.95. The van der Waals surface area contributed by atoms with Crippen LogP contribution in [-0.4, -0.2) is 30.7 Å². The number of benzene rings is 2. The summed E-state index contributed by atoms with van der Waals surface area (Å²) < 4.78 is 62.2. The molecule has 0 fully saturated rings. The molecule has 0 aliphatic carbocycles. The van der Waals surface area contributed by atoms with Crippen molar-refractivity contribution >= 4 is 42.7 Å². The normalized spacial score (nSPS) is 11.1. The predicted octanol–water partition coefficient (Wildman–Crippen LogP) is 4.21. The third kappa shape index (κ3) is 4.28. The molecule has 0 aliphatic heterocycles. The Labute approximate surface area is 190 Å². The molecule has 0 saturated carbocycles. The highest BCUT2D eigenvalue weighted by Crippen LogP contribution is 2.25. The number of fused-ring (bicyclic) bond motifs is 1. The van der Waals surface area contributed by atoms with Crippen molar-refractivity contribution in [3.05, 3.63) is 75.9 Å². The van der Waals surface area contributed by atoms with E-state index in [1.165, 1.54) is 31.5 Å². The van der Waals surface area contributed by atoms with Crippen LogP contribution in [0.1, 0.15) is 11.1 Å². The van der Waals surface area contributed by atoms with Gasteiger partial charge in [0.1, 0.15) is 5.82 Å². The topological polar surface area (TPSA) is 97.0 Å². The molecular weight excluding hydrogens is 506 g/mol. The smallest absolute Gasteiger partial charge is 0.262 e. The van der Waals surface area contributed by atoms with Crippen molar-refractivity contribution in [3.8, 4) is 17.7 Å². The van der Waals surface area contributed by atoms with Gasteiger partial charge < -0.3 is 4.74 Å². The summed E-state index contributed by atoms with van der Waals surface area (Å²) in [7, 11) is -2.66. The van der Waals surface area contributed by atoms with E-state index in [4.69, 9.17) is 4.74 Å². The fourth-order valence-corrected chi connectivity index (χ4v) is 4.48. The van der Waals surface area contributed by atoms with Crippen LogP contribution in [0.5, 0.6) is 5.88 Å². The molecule has 11 heteroatoms. The van der Waals surface area contributed by atoms with Gasteiger partial charge in [-0.15, -0.1) is 5.10 Å². The van der Waals surface area contributed by atoms with Crippen molar-refractivity contribution < 1.29 is 21.9 Å². The van der Waals surface area contributed by atoms with Gasteiger partial charge in [0, 0.05) is 16.2 Å². The van der Waals surface area contributed by atoms with Crippen LogP contribution in [0, 0.1) is 23.5 Å². The summed E-state index contributed by atoms with van der Waals surface area (Å²) in [5.74, 6) is 3.28. The lowest BCUT2D eigenvalue weighted by atomic mass is 10.1. The Morgan fingerprint density at radius 1 is 1.16 bits per heavy atom. The Hall–Kier alpha value is -3.49. The molecule has 2 aromatic heterocycles. The predicted molar refractivity (Wildman–Crippen MR) is 118 cm³/mol. The van der Waals surface area contributed by atoms with Gasteiger partial charge in [0.15, 0.2) is 11.5 Å². The van der Waals surface area contributed by atoms with E-state index in [0.29, 0.717) is 26.9 Å². The summed E-state index contributed by atoms with van der Waals surface area (Å²) in [5.41, 5.74) is -0.190. The third-order valence-electron chi connectivity index (χ3n) is 4.35. The van der Waals surface area contributed by atoms with E-state index >= 15 is 0 Å². The Morgan fingerprint density at radius 3 is 2.72 bits per heavy atom. The van der Waals surface area contributed by atoms with Crippen molar-refractivity contribution in [2.24, 2.45) is 0 Å². The molecule has 2 heterocycles. The summed E-state index contributed by atoms with van der Waals surface area (Å²) in [6.45, 7) is 0. The van der Waals surface area contributed by atoms with Crippen molar-refractivity contribution in [2.75, 3.05) is 11.8 Å². The number of halogens is 3. The Kier molecular flexibility index (Phi) is 5.82. The Balaban J connectivity index is 1.69. The molecule has 4 aromatic rings. The molecule has 0 bridgehead atoms. The van der Waals surface area contributed by atoms with E-state index in [1.807, 2.05) is 0 Å². The molecule has 7 nitrogen and oxygen atoms in total. The van der Waals surface area contributed by atoms with Crippen molar-refractivity contribution in [2.45, 2.75) is 4.90 Å². The third-order valence-corrected chi connectivity index (χ3v) is 6.20. The summed E-state index contributed by atoms with van der Waals surface area (Å²) in [5, 5.41) is 7.17. The second kappa shape index (κ2) is 8.57. The molecule has 32 heavy (non-hydrogen) atoms. The first-order chi connectivity index (χ1) is 15.3. The van der Waals surface area contributed by atoms with Crippen molar-refractivity contribution in [3.63, 3.8) is 0 Å². The van der Waals surface area contributed by atoms with Crippen LogP contribution in [0.25, 0.3) is 11.0 Å². The molecule has 0 spiro atoms. The number of anilines is 1. The van der Waals surface area contributed by atoms with Gasteiger partial charge in [-0.3, -0.25) is 9.82 Å². The largest absolute Gasteiger partial charge is 0.479 e. The van der Waals surface area contributed by atoms with E-state index in [2.05, 4.69) is 47.7 Å². The zero-order valence-corrected chi connectivity index (χ0v) is 18.7. The lowest BCUT2D eigenvalue weighted by Gasteiger charge is -2.10. The highest BCUT2D eigenvalue weighted by atomic mass is 79.9. The molecule has 0 radical (unpaired) electrons. The highest BCUT2D eigenvalue weighted by molar-refractivity contribution is 9.10. The second-order valence-electron chi connectivity index (χ2n) is 6.45. The number of hydrogen-bond donors (Lipinski definition) is 2. The Bertz CT molecular complexity index is 1510. The Morgan fingerprint density at radius 2 is 1.97 bits per heavy atom. The van der Waals surface area contributed by atoms with Gasteiger partial charge in [0.2, 0.25) is 5.88 Å². The van der Waals surface area contributed by atoms with E-state index in [0.717, 1.165) is 12.1 Å². The summed E-state index contributed by atoms with van der Waals surface area (Å²) in [4.78, 5) is 4.04. The number of hydrogen-bond acceptors (Lipinski definition) is 5. The van der Waals surface area contributed by atoms with Crippen LogP contribution in [0.4, 0.5) is 14.5 Å². The van der Waals surface area contributed by atoms with Gasteiger partial charge in [-0.1, -0.05) is 33.8 Å². The van der Waals surface area contributed by atoms with Gasteiger partial charge in [-0.05, 0) is 36.4 Å². The van der Waals surface area contributed by atoms with Crippen LogP contribution < -0.4 is 9.46 Å². The van der Waals surface area contributed by atoms with E-state index in [1.54, 1.807) is 12.1 Å². The SMILES string of the molecule is COc1n[nH]c2ncc(C#Cc3c(F)ccc(NS(=O)(=O)c4cccc(Br)c4)c3F)cc12. The number of aromatic nitrogens is 3. The van der Waals surface area contributed by atoms with Gasteiger partial charge in [-0.2, -0.15) is 0 Å². The maximum absolute atomic E-state index is 15.0. The van der Waals surface area contributed by atoms with Gasteiger partial charge >= 0.3 is 0 Å². The van der Waals surface area contributed by atoms with E-state index in [-0.39, 0.29) is 4.90 Å². The van der Waals surface area contributed by atoms with Crippen LogP contribution in [0.15, 0.2) is 58.0 Å². The van der Waals surface area contributed by atoms with Crippen LogP contribution in [0.3, 0.4) is 0 Å². The fraction of sp³-hybridized carbons (Fsp3) is 0.0476. The molecule has 2 aromatic carbocycles. The molecule has 0 amide bonds. The molecule has 0 saturated heterocycles. The maximum atomic E-state index is 15.0. The molecular formula is C21H13BrF2N4O3S. The lowest BCUT2D eigenvalue weighted by Crippen LogP contribution is -2.14. The number of ether oxygens (including phenoxy) is 1. The minimum Gasteiger partial charge on any atom is -0.479 e. The number of aromatic amines is 1. The molecule has 4 rings (SSSR count). The zero-order valence-electron chi connectivity index (χ0n) is 16.3.